The zero-order valence-corrected chi connectivity index (χ0v) is 17.9. The van der Waals surface area contributed by atoms with E-state index < -0.39 is 17.7 Å². The number of hydrogen-bond acceptors (Lipinski definition) is 4. The highest BCUT2D eigenvalue weighted by Gasteiger charge is 2.51. The van der Waals surface area contributed by atoms with E-state index in [2.05, 4.69) is 10.6 Å². The maximum absolute atomic E-state index is 13.2. The summed E-state index contributed by atoms with van der Waals surface area (Å²) in [4.78, 5) is 27.3. The standard InChI is InChI=1S/C23H29N3O4/c1-15(2)30-13-7-12-24-21(27)23(29)19-8-5-6-9-20(19)25-22(28)26(23)18-11-10-16(3)17(4)14-18/h5-6,8-11,14-15,29H,7,12-13H2,1-4H3,(H,24,27)(H,25,28)/t23-/m0/s1. The third-order valence-electron chi connectivity index (χ3n) is 5.19. The maximum atomic E-state index is 13.2. The number of para-hydroxylation sites is 1. The number of carbonyl (C=O) groups excluding carboxylic acids is 2. The molecule has 3 amide bonds. The smallest absolute Gasteiger partial charge is 0.329 e. The fourth-order valence-corrected chi connectivity index (χ4v) is 3.44. The predicted octanol–water partition coefficient (Wildman–Crippen LogP) is 3.43. The Morgan fingerprint density at radius 1 is 1.20 bits per heavy atom. The molecule has 30 heavy (non-hydrogen) atoms. The van der Waals surface area contributed by atoms with Gasteiger partial charge in [0.2, 0.25) is 0 Å². The Kier molecular flexibility index (Phi) is 6.43. The minimum absolute atomic E-state index is 0.110. The zero-order valence-electron chi connectivity index (χ0n) is 17.9. The average molecular weight is 412 g/mol. The first-order valence-electron chi connectivity index (χ1n) is 10.2. The number of rotatable bonds is 7. The van der Waals surface area contributed by atoms with E-state index in [0.717, 1.165) is 16.0 Å². The highest BCUT2D eigenvalue weighted by atomic mass is 16.5. The lowest BCUT2D eigenvalue weighted by Crippen LogP contribution is -2.62. The van der Waals surface area contributed by atoms with Crippen molar-refractivity contribution in [3.05, 3.63) is 59.2 Å². The normalized spacial score (nSPS) is 18.2. The Morgan fingerprint density at radius 2 is 1.93 bits per heavy atom. The van der Waals surface area contributed by atoms with E-state index in [1.807, 2.05) is 33.8 Å². The van der Waals surface area contributed by atoms with E-state index in [1.165, 1.54) is 0 Å². The summed E-state index contributed by atoms with van der Waals surface area (Å²) >= 11 is 0. The van der Waals surface area contributed by atoms with E-state index >= 15 is 0 Å². The number of nitrogens with zero attached hydrogens (tertiary/aromatic N) is 1. The fraction of sp³-hybridized carbons (Fsp3) is 0.391. The van der Waals surface area contributed by atoms with Gasteiger partial charge in [-0.2, -0.15) is 0 Å². The van der Waals surface area contributed by atoms with Gasteiger partial charge in [0.25, 0.3) is 11.6 Å². The molecule has 0 bridgehead atoms. The second kappa shape index (κ2) is 8.85. The predicted molar refractivity (Wildman–Crippen MR) is 116 cm³/mol. The molecule has 1 heterocycles. The zero-order chi connectivity index (χ0) is 21.9. The summed E-state index contributed by atoms with van der Waals surface area (Å²) in [6.45, 7) is 8.58. The minimum Gasteiger partial charge on any atom is -0.379 e. The van der Waals surface area contributed by atoms with Gasteiger partial charge in [0.05, 0.1) is 11.8 Å². The van der Waals surface area contributed by atoms with Gasteiger partial charge in [-0.1, -0.05) is 24.3 Å². The Bertz CT molecular complexity index is 944. The summed E-state index contributed by atoms with van der Waals surface area (Å²) < 4.78 is 5.49. The molecule has 2 aromatic carbocycles. The van der Waals surface area contributed by atoms with Crippen LogP contribution in [0.3, 0.4) is 0 Å². The molecular weight excluding hydrogens is 382 g/mol. The molecule has 0 aliphatic carbocycles. The Labute approximate surface area is 177 Å². The first-order valence-corrected chi connectivity index (χ1v) is 10.2. The van der Waals surface area contributed by atoms with Crippen molar-refractivity contribution in [2.45, 2.75) is 45.9 Å². The number of aliphatic hydroxyl groups is 1. The lowest BCUT2D eigenvalue weighted by Gasteiger charge is -2.42. The first-order chi connectivity index (χ1) is 14.2. The van der Waals surface area contributed by atoms with Crippen LogP contribution >= 0.6 is 0 Å². The number of anilines is 2. The van der Waals surface area contributed by atoms with E-state index in [4.69, 9.17) is 4.74 Å². The summed E-state index contributed by atoms with van der Waals surface area (Å²) in [5.74, 6) is -0.660. The molecule has 1 aliphatic rings. The molecule has 0 saturated carbocycles. The molecule has 1 atom stereocenters. The Balaban J connectivity index is 1.95. The van der Waals surface area contributed by atoms with Crippen molar-refractivity contribution in [2.75, 3.05) is 23.4 Å². The van der Waals surface area contributed by atoms with Gasteiger partial charge in [0.15, 0.2) is 0 Å². The number of urea groups is 1. The summed E-state index contributed by atoms with van der Waals surface area (Å²) in [5.41, 5.74) is 0.981. The van der Waals surface area contributed by atoms with Crippen LogP contribution in [0.25, 0.3) is 0 Å². The molecule has 160 valence electrons. The highest BCUT2D eigenvalue weighted by Crippen LogP contribution is 2.40. The number of nitrogens with one attached hydrogen (secondary N) is 2. The third-order valence-corrected chi connectivity index (χ3v) is 5.19. The number of ether oxygens (including phenoxy) is 1. The molecule has 0 unspecified atom stereocenters. The summed E-state index contributed by atoms with van der Waals surface area (Å²) in [5, 5.41) is 17.2. The molecule has 0 spiro atoms. The van der Waals surface area contributed by atoms with Crippen LogP contribution in [0.15, 0.2) is 42.5 Å². The second-order valence-corrected chi connectivity index (χ2v) is 7.78. The van der Waals surface area contributed by atoms with Crippen molar-refractivity contribution >= 4 is 23.3 Å². The number of benzene rings is 2. The number of amides is 3. The van der Waals surface area contributed by atoms with Crippen LogP contribution in [0.4, 0.5) is 16.2 Å². The van der Waals surface area contributed by atoms with Crippen LogP contribution < -0.4 is 15.5 Å². The number of carbonyl (C=O) groups is 2. The van der Waals surface area contributed by atoms with Crippen LogP contribution in [-0.4, -0.2) is 36.3 Å². The first kappa shape index (κ1) is 21.8. The molecule has 1 aliphatic heterocycles. The molecule has 3 N–H and O–H groups in total. The van der Waals surface area contributed by atoms with Crippen molar-refractivity contribution in [3.63, 3.8) is 0 Å². The third kappa shape index (κ3) is 4.17. The number of hydrogen-bond donors (Lipinski definition) is 3. The van der Waals surface area contributed by atoms with Crippen LogP contribution in [0, 0.1) is 13.8 Å². The van der Waals surface area contributed by atoms with Crippen molar-refractivity contribution in [1.29, 1.82) is 0 Å². The van der Waals surface area contributed by atoms with Gasteiger partial charge < -0.3 is 20.5 Å². The second-order valence-electron chi connectivity index (χ2n) is 7.78. The SMILES string of the molecule is Cc1ccc(N2C(=O)Nc3ccccc3[C@]2(O)C(=O)NCCCOC(C)C)cc1C. The molecule has 0 radical (unpaired) electrons. The van der Waals surface area contributed by atoms with Crippen LogP contribution in [-0.2, 0) is 15.3 Å². The van der Waals surface area contributed by atoms with Crippen molar-refractivity contribution < 1.29 is 19.4 Å². The largest absolute Gasteiger partial charge is 0.379 e. The average Bonchev–Trinajstić information content (AvgIpc) is 2.70. The quantitative estimate of drug-likeness (QED) is 0.609. The lowest BCUT2D eigenvalue weighted by atomic mass is 9.94. The van der Waals surface area contributed by atoms with E-state index in [0.29, 0.717) is 36.5 Å². The lowest BCUT2D eigenvalue weighted by molar-refractivity contribution is -0.140. The molecule has 7 nitrogen and oxygen atoms in total. The molecule has 7 heteroatoms. The maximum Gasteiger partial charge on any atom is 0.329 e. The van der Waals surface area contributed by atoms with Crippen molar-refractivity contribution in [2.24, 2.45) is 0 Å². The van der Waals surface area contributed by atoms with E-state index in [9.17, 15) is 14.7 Å². The van der Waals surface area contributed by atoms with Crippen molar-refractivity contribution in [1.82, 2.24) is 5.32 Å². The monoisotopic (exact) mass is 411 g/mol. The molecule has 0 fully saturated rings. The minimum atomic E-state index is -2.18. The van der Waals surface area contributed by atoms with E-state index in [-0.39, 0.29) is 6.10 Å². The highest BCUT2D eigenvalue weighted by molar-refractivity contribution is 6.11. The van der Waals surface area contributed by atoms with Gasteiger partial charge >= 0.3 is 6.03 Å². The molecule has 3 rings (SSSR count). The van der Waals surface area contributed by atoms with Crippen LogP contribution in [0.1, 0.15) is 37.0 Å². The van der Waals surface area contributed by atoms with Gasteiger partial charge in [0.1, 0.15) is 0 Å². The summed E-state index contributed by atoms with van der Waals surface area (Å²) in [7, 11) is 0. The van der Waals surface area contributed by atoms with Gasteiger partial charge in [-0.05, 0) is 63.4 Å². The molecule has 0 saturated heterocycles. The van der Waals surface area contributed by atoms with Crippen LogP contribution in [0.5, 0.6) is 0 Å². The number of aryl methyl sites for hydroxylation is 2. The molecular formula is C23H29N3O4. The van der Waals surface area contributed by atoms with Crippen molar-refractivity contribution in [3.8, 4) is 0 Å². The Morgan fingerprint density at radius 3 is 2.63 bits per heavy atom. The Hall–Kier alpha value is -2.90. The van der Waals surface area contributed by atoms with Gasteiger partial charge in [0, 0.05) is 24.4 Å². The number of fused-ring (bicyclic) bond motifs is 1. The molecule has 2 aromatic rings. The topological polar surface area (TPSA) is 90.9 Å². The van der Waals surface area contributed by atoms with Gasteiger partial charge in [-0.3, -0.25) is 9.69 Å². The summed E-state index contributed by atoms with van der Waals surface area (Å²) in [6.07, 6.45) is 0.705. The van der Waals surface area contributed by atoms with Crippen LogP contribution in [0.2, 0.25) is 0 Å². The fourth-order valence-electron chi connectivity index (χ4n) is 3.44. The molecule has 0 aromatic heterocycles. The summed E-state index contributed by atoms with van der Waals surface area (Å²) in [6, 6.07) is 11.6. The van der Waals surface area contributed by atoms with E-state index in [1.54, 1.807) is 36.4 Å². The van der Waals surface area contributed by atoms with Gasteiger partial charge in [-0.15, -0.1) is 0 Å². The van der Waals surface area contributed by atoms with Gasteiger partial charge in [-0.25, -0.2) is 4.79 Å².